The maximum atomic E-state index is 6.13. The largest absolute Gasteiger partial charge is 0.316 e. The highest BCUT2D eigenvalue weighted by Crippen LogP contribution is 2.33. The molecule has 0 fully saturated rings. The van der Waals surface area contributed by atoms with Crippen LogP contribution in [-0.4, -0.2) is 13.1 Å². The molecule has 0 spiro atoms. The second-order valence-electron chi connectivity index (χ2n) is 4.66. The third-order valence-corrected chi connectivity index (χ3v) is 4.34. The van der Waals surface area contributed by atoms with Gasteiger partial charge in [0.2, 0.25) is 0 Å². The quantitative estimate of drug-likeness (QED) is 0.734. The lowest BCUT2D eigenvalue weighted by atomic mass is 9.82. The molecule has 1 atom stereocenters. The Morgan fingerprint density at radius 2 is 1.72 bits per heavy atom. The average molecular weight is 288 g/mol. The third kappa shape index (κ3) is 4.15. The summed E-state index contributed by atoms with van der Waals surface area (Å²) in [6.07, 6.45) is 2.37. The molecule has 0 aliphatic heterocycles. The van der Waals surface area contributed by atoms with E-state index in [9.17, 15) is 0 Å². The van der Waals surface area contributed by atoms with Crippen molar-refractivity contribution in [3.8, 4) is 0 Å². The fourth-order valence-electron chi connectivity index (χ4n) is 2.46. The first-order valence-corrected chi connectivity index (χ1v) is 7.55. The SMILES string of the molecule is CCNCC(c1ccc(Cl)c(Cl)c1)C(CC)CC. The Balaban J connectivity index is 2.96. The molecular formula is C15H23Cl2N. The van der Waals surface area contributed by atoms with Gasteiger partial charge in [0.1, 0.15) is 0 Å². The highest BCUT2D eigenvalue weighted by atomic mass is 35.5. The van der Waals surface area contributed by atoms with E-state index < -0.39 is 0 Å². The molecule has 18 heavy (non-hydrogen) atoms. The van der Waals surface area contributed by atoms with Crippen LogP contribution in [0.15, 0.2) is 18.2 Å². The van der Waals surface area contributed by atoms with Gasteiger partial charge in [-0.3, -0.25) is 0 Å². The van der Waals surface area contributed by atoms with Crippen LogP contribution in [0, 0.1) is 5.92 Å². The summed E-state index contributed by atoms with van der Waals surface area (Å²) in [7, 11) is 0. The van der Waals surface area contributed by atoms with Crippen LogP contribution < -0.4 is 5.32 Å². The van der Waals surface area contributed by atoms with E-state index in [1.807, 2.05) is 12.1 Å². The molecule has 0 aromatic heterocycles. The van der Waals surface area contributed by atoms with Gasteiger partial charge < -0.3 is 5.32 Å². The second-order valence-corrected chi connectivity index (χ2v) is 5.48. The van der Waals surface area contributed by atoms with Crippen LogP contribution in [0.3, 0.4) is 0 Å². The normalized spacial score (nSPS) is 13.0. The number of rotatable bonds is 7. The van der Waals surface area contributed by atoms with Gasteiger partial charge in [-0.25, -0.2) is 0 Å². The number of likely N-dealkylation sites (N-methyl/N-ethyl adjacent to an activating group) is 1. The van der Waals surface area contributed by atoms with Crippen LogP contribution in [0.25, 0.3) is 0 Å². The summed E-state index contributed by atoms with van der Waals surface area (Å²) >= 11 is 12.1. The molecular weight excluding hydrogens is 265 g/mol. The van der Waals surface area contributed by atoms with Crippen LogP contribution in [0.4, 0.5) is 0 Å². The zero-order chi connectivity index (χ0) is 13.5. The van der Waals surface area contributed by atoms with Crippen LogP contribution in [0.1, 0.15) is 45.1 Å². The van der Waals surface area contributed by atoms with Crippen molar-refractivity contribution >= 4 is 23.2 Å². The fraction of sp³-hybridized carbons (Fsp3) is 0.600. The van der Waals surface area contributed by atoms with Crippen LogP contribution >= 0.6 is 23.2 Å². The molecule has 3 heteroatoms. The summed E-state index contributed by atoms with van der Waals surface area (Å²) in [5.41, 5.74) is 1.29. The fourth-order valence-corrected chi connectivity index (χ4v) is 2.76. The molecule has 0 aliphatic carbocycles. The molecule has 0 saturated carbocycles. The number of hydrogen-bond acceptors (Lipinski definition) is 1. The molecule has 0 radical (unpaired) electrons. The summed E-state index contributed by atoms with van der Waals surface area (Å²) < 4.78 is 0. The molecule has 1 unspecified atom stereocenters. The lowest BCUT2D eigenvalue weighted by Crippen LogP contribution is -2.26. The van der Waals surface area contributed by atoms with Crippen molar-refractivity contribution in [1.29, 1.82) is 0 Å². The van der Waals surface area contributed by atoms with Gasteiger partial charge >= 0.3 is 0 Å². The van der Waals surface area contributed by atoms with Crippen molar-refractivity contribution in [1.82, 2.24) is 5.32 Å². The molecule has 0 amide bonds. The molecule has 1 rings (SSSR count). The predicted octanol–water partition coefficient (Wildman–Crippen LogP) is 5.12. The van der Waals surface area contributed by atoms with E-state index in [0.29, 0.717) is 21.9 Å². The molecule has 1 N–H and O–H groups in total. The Labute approximate surface area is 121 Å². The Morgan fingerprint density at radius 3 is 2.22 bits per heavy atom. The second kappa shape index (κ2) is 8.04. The topological polar surface area (TPSA) is 12.0 Å². The van der Waals surface area contributed by atoms with Gasteiger partial charge in [-0.1, -0.05) is 62.9 Å². The van der Waals surface area contributed by atoms with Crippen molar-refractivity contribution in [3.63, 3.8) is 0 Å². The predicted molar refractivity (Wildman–Crippen MR) is 81.8 cm³/mol. The molecule has 0 bridgehead atoms. The average Bonchev–Trinajstić information content (AvgIpc) is 2.38. The Hall–Kier alpha value is -0.240. The zero-order valence-electron chi connectivity index (χ0n) is 11.5. The van der Waals surface area contributed by atoms with Crippen molar-refractivity contribution in [3.05, 3.63) is 33.8 Å². The molecule has 0 heterocycles. The monoisotopic (exact) mass is 287 g/mol. The lowest BCUT2D eigenvalue weighted by Gasteiger charge is -2.26. The first-order valence-electron chi connectivity index (χ1n) is 6.79. The molecule has 1 aromatic carbocycles. The van der Waals surface area contributed by atoms with Gasteiger partial charge in [0.05, 0.1) is 10.0 Å². The molecule has 0 aliphatic rings. The van der Waals surface area contributed by atoms with Crippen LogP contribution in [0.5, 0.6) is 0 Å². The minimum atomic E-state index is 0.509. The van der Waals surface area contributed by atoms with E-state index in [-0.39, 0.29) is 0 Å². The third-order valence-electron chi connectivity index (χ3n) is 3.60. The number of halogens is 2. The van der Waals surface area contributed by atoms with E-state index in [1.54, 1.807) is 0 Å². The Kier molecular flexibility index (Phi) is 7.06. The number of hydrogen-bond donors (Lipinski definition) is 1. The summed E-state index contributed by atoms with van der Waals surface area (Å²) in [4.78, 5) is 0. The smallest absolute Gasteiger partial charge is 0.0595 e. The Bertz CT molecular complexity index is 362. The van der Waals surface area contributed by atoms with Crippen LogP contribution in [0.2, 0.25) is 10.0 Å². The first-order chi connectivity index (χ1) is 8.63. The van der Waals surface area contributed by atoms with E-state index in [2.05, 4.69) is 32.2 Å². The van der Waals surface area contributed by atoms with Gasteiger partial charge in [-0.2, -0.15) is 0 Å². The van der Waals surface area contributed by atoms with Crippen molar-refractivity contribution < 1.29 is 0 Å². The highest BCUT2D eigenvalue weighted by Gasteiger charge is 2.20. The van der Waals surface area contributed by atoms with E-state index in [1.165, 1.54) is 18.4 Å². The summed E-state index contributed by atoms with van der Waals surface area (Å²) in [6, 6.07) is 6.03. The van der Waals surface area contributed by atoms with Gasteiger partial charge in [0, 0.05) is 6.54 Å². The Morgan fingerprint density at radius 1 is 1.06 bits per heavy atom. The van der Waals surface area contributed by atoms with Crippen molar-refractivity contribution in [2.45, 2.75) is 39.5 Å². The van der Waals surface area contributed by atoms with Gasteiger partial charge in [0.25, 0.3) is 0 Å². The minimum Gasteiger partial charge on any atom is -0.316 e. The maximum Gasteiger partial charge on any atom is 0.0595 e. The van der Waals surface area contributed by atoms with Gasteiger partial charge in [-0.15, -0.1) is 0 Å². The summed E-state index contributed by atoms with van der Waals surface area (Å²) in [6.45, 7) is 8.65. The molecule has 0 saturated heterocycles. The summed E-state index contributed by atoms with van der Waals surface area (Å²) in [5.74, 6) is 1.19. The highest BCUT2D eigenvalue weighted by molar-refractivity contribution is 6.42. The van der Waals surface area contributed by atoms with E-state index >= 15 is 0 Å². The summed E-state index contributed by atoms with van der Waals surface area (Å²) in [5, 5.41) is 4.74. The number of nitrogens with one attached hydrogen (secondary N) is 1. The maximum absolute atomic E-state index is 6.13. The number of benzene rings is 1. The van der Waals surface area contributed by atoms with Gasteiger partial charge in [0.15, 0.2) is 0 Å². The molecule has 1 nitrogen and oxygen atoms in total. The first kappa shape index (κ1) is 15.8. The van der Waals surface area contributed by atoms with Crippen LogP contribution in [-0.2, 0) is 0 Å². The van der Waals surface area contributed by atoms with Crippen molar-refractivity contribution in [2.24, 2.45) is 5.92 Å². The van der Waals surface area contributed by atoms with E-state index in [4.69, 9.17) is 23.2 Å². The zero-order valence-corrected chi connectivity index (χ0v) is 13.0. The minimum absolute atomic E-state index is 0.509. The molecule has 1 aromatic rings. The van der Waals surface area contributed by atoms with Gasteiger partial charge in [-0.05, 0) is 36.1 Å². The molecule has 102 valence electrons. The van der Waals surface area contributed by atoms with Crippen molar-refractivity contribution in [2.75, 3.05) is 13.1 Å². The van der Waals surface area contributed by atoms with E-state index in [0.717, 1.165) is 13.1 Å². The standard InChI is InChI=1S/C15H23Cl2N/c1-4-11(5-2)13(10-18-6-3)12-7-8-14(16)15(17)9-12/h7-9,11,13,18H,4-6,10H2,1-3H3. The lowest BCUT2D eigenvalue weighted by molar-refractivity contribution is 0.382.